The highest BCUT2D eigenvalue weighted by atomic mass is 127. The number of hydrogen-bond donors (Lipinski definition) is 3. The third-order valence-corrected chi connectivity index (χ3v) is 8.30. The Morgan fingerprint density at radius 1 is 1.23 bits per heavy atom. The topological polar surface area (TPSA) is 125 Å². The van der Waals surface area contributed by atoms with Crippen molar-refractivity contribution in [3.63, 3.8) is 0 Å². The molecule has 0 radical (unpaired) electrons. The number of carbonyl (C=O) groups is 3. The molecule has 1 saturated carbocycles. The average molecular weight is 657 g/mol. The lowest BCUT2D eigenvalue weighted by Crippen LogP contribution is -2.56. The molecule has 1 aromatic rings. The number of aliphatic hydroxyl groups excluding tert-OH is 2. The van der Waals surface area contributed by atoms with E-state index in [1.807, 2.05) is 29.5 Å². The summed E-state index contributed by atoms with van der Waals surface area (Å²) in [5, 5.41) is 23.6. The lowest BCUT2D eigenvalue weighted by atomic mass is 9.85. The molecule has 3 N–H and O–H groups in total. The number of nitrogens with one attached hydrogen (secondary N) is 1. The molecule has 0 aromatic heterocycles. The molecule has 1 aromatic carbocycles. The summed E-state index contributed by atoms with van der Waals surface area (Å²) < 4.78 is 12.4. The van der Waals surface area contributed by atoms with E-state index in [9.17, 15) is 24.6 Å². The summed E-state index contributed by atoms with van der Waals surface area (Å²) >= 11 is 2.04. The van der Waals surface area contributed by atoms with Gasteiger partial charge < -0.3 is 29.9 Å². The van der Waals surface area contributed by atoms with E-state index in [-0.39, 0.29) is 31.4 Å². The van der Waals surface area contributed by atoms with Gasteiger partial charge in [0.05, 0.1) is 23.3 Å². The van der Waals surface area contributed by atoms with Gasteiger partial charge in [-0.3, -0.25) is 14.4 Å². The van der Waals surface area contributed by atoms with Gasteiger partial charge in [0, 0.05) is 37.1 Å². The zero-order chi connectivity index (χ0) is 28.4. The molecule has 2 aliphatic carbocycles. The summed E-state index contributed by atoms with van der Waals surface area (Å²) in [6.07, 6.45) is 7.99. The Labute approximate surface area is 244 Å². The van der Waals surface area contributed by atoms with E-state index in [0.717, 1.165) is 38.5 Å². The van der Waals surface area contributed by atoms with Gasteiger partial charge in [-0.1, -0.05) is 32.6 Å². The van der Waals surface area contributed by atoms with Gasteiger partial charge in [0.25, 0.3) is 0 Å². The van der Waals surface area contributed by atoms with Crippen LogP contribution in [-0.4, -0.2) is 78.3 Å². The van der Waals surface area contributed by atoms with Gasteiger partial charge in [-0.15, -0.1) is 0 Å². The molecule has 0 saturated heterocycles. The number of benzene rings is 1. The average Bonchev–Trinajstić information content (AvgIpc) is 2.95. The SMILES string of the molecule is CCCCC(=O)N(CC1CCCCC1)C1CC(C(=O)NCCO)=CC(Oc2c(I)cc(C=O)cc2OC)C1O. The molecule has 3 atom stereocenters. The third kappa shape index (κ3) is 8.40. The Bertz CT molecular complexity index is 1030. The van der Waals surface area contributed by atoms with Crippen LogP contribution in [0.15, 0.2) is 23.8 Å². The summed E-state index contributed by atoms with van der Waals surface area (Å²) in [4.78, 5) is 39.7. The highest BCUT2D eigenvalue weighted by Gasteiger charge is 2.41. The normalized spacial score (nSPS) is 21.6. The molecule has 1 fully saturated rings. The quantitative estimate of drug-likeness (QED) is 0.219. The molecular weight excluding hydrogens is 615 g/mol. The van der Waals surface area contributed by atoms with Gasteiger partial charge in [0.2, 0.25) is 11.8 Å². The number of nitrogens with zero attached hydrogens (tertiary/aromatic N) is 1. The summed E-state index contributed by atoms with van der Waals surface area (Å²) in [6, 6.07) is 2.55. The van der Waals surface area contributed by atoms with Crippen molar-refractivity contribution < 1.29 is 34.1 Å². The zero-order valence-electron chi connectivity index (χ0n) is 22.9. The smallest absolute Gasteiger partial charge is 0.247 e. The van der Waals surface area contributed by atoms with Crippen molar-refractivity contribution in [3.05, 3.63) is 32.9 Å². The first-order valence-electron chi connectivity index (χ1n) is 13.9. The molecule has 2 amide bonds. The largest absolute Gasteiger partial charge is 0.493 e. The van der Waals surface area contributed by atoms with Gasteiger partial charge in [-0.25, -0.2) is 0 Å². The molecule has 216 valence electrons. The summed E-state index contributed by atoms with van der Waals surface area (Å²) in [6.45, 7) is 2.47. The number of rotatable bonds is 13. The van der Waals surface area contributed by atoms with Crippen molar-refractivity contribution in [2.24, 2.45) is 5.92 Å². The molecule has 9 nitrogen and oxygen atoms in total. The van der Waals surface area contributed by atoms with Crippen LogP contribution in [0.4, 0.5) is 0 Å². The zero-order valence-corrected chi connectivity index (χ0v) is 25.0. The van der Waals surface area contributed by atoms with E-state index in [2.05, 4.69) is 5.32 Å². The third-order valence-electron chi connectivity index (χ3n) is 7.50. The van der Waals surface area contributed by atoms with Crippen molar-refractivity contribution in [1.82, 2.24) is 10.2 Å². The van der Waals surface area contributed by atoms with Crippen molar-refractivity contribution in [1.29, 1.82) is 0 Å². The Balaban J connectivity index is 1.98. The molecule has 3 unspecified atom stereocenters. The fourth-order valence-corrected chi connectivity index (χ4v) is 6.13. The highest BCUT2D eigenvalue weighted by molar-refractivity contribution is 14.1. The van der Waals surface area contributed by atoms with Crippen LogP contribution in [0.1, 0.15) is 75.1 Å². The second-order valence-electron chi connectivity index (χ2n) is 10.3. The van der Waals surface area contributed by atoms with E-state index in [1.165, 1.54) is 13.5 Å². The summed E-state index contributed by atoms with van der Waals surface area (Å²) in [5.41, 5.74) is 0.810. The van der Waals surface area contributed by atoms with Crippen LogP contribution in [-0.2, 0) is 9.59 Å². The maximum Gasteiger partial charge on any atom is 0.247 e. The lowest BCUT2D eigenvalue weighted by molar-refractivity contribution is -0.140. The van der Waals surface area contributed by atoms with E-state index in [1.54, 1.807) is 23.1 Å². The molecule has 0 bridgehead atoms. The number of methoxy groups -OCH3 is 1. The Morgan fingerprint density at radius 2 is 1.97 bits per heavy atom. The van der Waals surface area contributed by atoms with Crippen LogP contribution in [0.25, 0.3) is 0 Å². The number of hydrogen-bond acceptors (Lipinski definition) is 7. The van der Waals surface area contributed by atoms with Crippen LogP contribution >= 0.6 is 22.6 Å². The number of ether oxygens (including phenoxy) is 2. The fourth-order valence-electron chi connectivity index (χ4n) is 5.38. The predicted molar refractivity (Wildman–Crippen MR) is 156 cm³/mol. The molecule has 3 rings (SSSR count). The number of amides is 2. The summed E-state index contributed by atoms with van der Waals surface area (Å²) in [7, 11) is 1.47. The predicted octanol–water partition coefficient (Wildman–Crippen LogP) is 3.63. The second kappa shape index (κ2) is 15.6. The van der Waals surface area contributed by atoms with Crippen molar-refractivity contribution in [2.45, 2.75) is 83.0 Å². The minimum Gasteiger partial charge on any atom is -0.493 e. The maximum absolute atomic E-state index is 13.5. The van der Waals surface area contributed by atoms with E-state index < -0.39 is 18.2 Å². The van der Waals surface area contributed by atoms with Crippen molar-refractivity contribution in [3.8, 4) is 11.5 Å². The number of carbonyl (C=O) groups excluding carboxylic acids is 3. The Morgan fingerprint density at radius 3 is 2.62 bits per heavy atom. The minimum absolute atomic E-state index is 0.0234. The maximum atomic E-state index is 13.5. The van der Waals surface area contributed by atoms with Gasteiger partial charge in [0.1, 0.15) is 18.5 Å². The van der Waals surface area contributed by atoms with Crippen LogP contribution in [0, 0.1) is 9.49 Å². The van der Waals surface area contributed by atoms with Crippen LogP contribution in [0.2, 0.25) is 0 Å². The van der Waals surface area contributed by atoms with Crippen LogP contribution < -0.4 is 14.8 Å². The lowest BCUT2D eigenvalue weighted by Gasteiger charge is -2.42. The minimum atomic E-state index is -1.10. The van der Waals surface area contributed by atoms with Crippen molar-refractivity contribution in [2.75, 3.05) is 26.8 Å². The van der Waals surface area contributed by atoms with Crippen molar-refractivity contribution >= 4 is 40.7 Å². The molecule has 0 spiro atoms. The highest BCUT2D eigenvalue weighted by Crippen LogP contribution is 2.37. The van der Waals surface area contributed by atoms with Crippen LogP contribution in [0.3, 0.4) is 0 Å². The second-order valence-corrected chi connectivity index (χ2v) is 11.5. The Hall–Kier alpha value is -2.18. The van der Waals surface area contributed by atoms with E-state index in [0.29, 0.717) is 51.4 Å². The molecule has 0 heterocycles. The van der Waals surface area contributed by atoms with E-state index >= 15 is 0 Å². The van der Waals surface area contributed by atoms with Gasteiger partial charge in [-0.05, 0) is 66.0 Å². The molecule has 2 aliphatic rings. The number of halogens is 1. The number of aldehydes is 1. The van der Waals surface area contributed by atoms with Crippen LogP contribution in [0.5, 0.6) is 11.5 Å². The monoisotopic (exact) mass is 656 g/mol. The van der Waals surface area contributed by atoms with E-state index in [4.69, 9.17) is 9.47 Å². The van der Waals surface area contributed by atoms with Gasteiger partial charge in [-0.2, -0.15) is 0 Å². The van der Waals surface area contributed by atoms with Gasteiger partial charge in [0.15, 0.2) is 11.5 Å². The standard InChI is InChI=1S/C29H41IN2O7/c1-3-4-10-26(35)32(17-19-8-6-5-7-9-19)23-15-21(29(37)31-11-12-33)16-24(27(23)36)39-28-22(30)13-20(18-34)14-25(28)38-2/h13-14,16,18-19,23-24,27,33,36H,3-12,15,17H2,1-2H3,(H,31,37). The number of unbranched alkanes of at least 4 members (excludes halogenated alkanes) is 1. The molecule has 39 heavy (non-hydrogen) atoms. The molecule has 0 aliphatic heterocycles. The molecular formula is C29H41IN2O7. The first-order valence-corrected chi connectivity index (χ1v) is 15.0. The first kappa shape index (κ1) is 31.3. The fraction of sp³-hybridized carbons (Fsp3) is 0.621. The molecule has 10 heteroatoms. The first-order chi connectivity index (χ1) is 18.8. The van der Waals surface area contributed by atoms with Gasteiger partial charge >= 0.3 is 0 Å². The number of aliphatic hydroxyl groups is 2. The Kier molecular flexibility index (Phi) is 12.5. The summed E-state index contributed by atoms with van der Waals surface area (Å²) in [5.74, 6) is 0.633.